The smallest absolute Gasteiger partial charge is 0.258 e. The average molecular weight is 290 g/mol. The summed E-state index contributed by atoms with van der Waals surface area (Å²) in [7, 11) is 0. The van der Waals surface area contributed by atoms with Gasteiger partial charge < -0.3 is 11.1 Å². The Hall–Kier alpha value is -3.14. The molecule has 4 heteroatoms. The van der Waals surface area contributed by atoms with Crippen molar-refractivity contribution in [3.05, 3.63) is 82.9 Å². The molecule has 0 aromatic heterocycles. The van der Waals surface area contributed by atoms with E-state index in [2.05, 4.69) is 5.32 Å². The molecule has 3 N–H and O–H groups in total. The summed E-state index contributed by atoms with van der Waals surface area (Å²) in [5.41, 5.74) is 8.91. The van der Waals surface area contributed by atoms with Crippen LogP contribution in [0.5, 0.6) is 0 Å². The van der Waals surface area contributed by atoms with Gasteiger partial charge in [-0.25, -0.2) is 0 Å². The molecule has 1 heterocycles. The number of nitrogens with one attached hydrogen (secondary N) is 1. The molecule has 0 unspecified atom stereocenters. The molecular formula is C18H14N2O2. The van der Waals surface area contributed by atoms with Crippen LogP contribution in [0.4, 0.5) is 0 Å². The molecule has 1 aliphatic rings. The molecule has 4 nitrogen and oxygen atoms in total. The second kappa shape index (κ2) is 5.69. The van der Waals surface area contributed by atoms with Gasteiger partial charge >= 0.3 is 0 Å². The normalized spacial score (nSPS) is 16.5. The van der Waals surface area contributed by atoms with Gasteiger partial charge in [0.1, 0.15) is 0 Å². The minimum Gasteiger partial charge on any atom is -0.398 e. The Morgan fingerprint density at radius 1 is 0.955 bits per heavy atom. The molecule has 0 saturated heterocycles. The number of amides is 1. The molecule has 22 heavy (non-hydrogen) atoms. The zero-order chi connectivity index (χ0) is 15.5. The maximum atomic E-state index is 12.3. The lowest BCUT2D eigenvalue weighted by molar-refractivity contribution is -0.116. The highest BCUT2D eigenvalue weighted by molar-refractivity contribution is 6.21. The SMILES string of the molecule is N/C(=C1/C(=O)NC(c2ccccc2)=C1C=O)c1ccccc1. The second-order valence-electron chi connectivity index (χ2n) is 4.88. The van der Waals surface area contributed by atoms with Crippen LogP contribution in [-0.2, 0) is 9.59 Å². The van der Waals surface area contributed by atoms with Crippen LogP contribution in [-0.4, -0.2) is 12.2 Å². The van der Waals surface area contributed by atoms with Gasteiger partial charge in [0, 0.05) is 0 Å². The second-order valence-corrected chi connectivity index (χ2v) is 4.88. The summed E-state index contributed by atoms with van der Waals surface area (Å²) in [6, 6.07) is 18.4. The summed E-state index contributed by atoms with van der Waals surface area (Å²) < 4.78 is 0. The highest BCUT2D eigenvalue weighted by atomic mass is 16.2. The quantitative estimate of drug-likeness (QED) is 0.671. The summed E-state index contributed by atoms with van der Waals surface area (Å²) in [6.45, 7) is 0. The fourth-order valence-electron chi connectivity index (χ4n) is 2.47. The van der Waals surface area contributed by atoms with E-state index in [0.717, 1.165) is 5.56 Å². The summed E-state index contributed by atoms with van der Waals surface area (Å²) in [5, 5.41) is 2.74. The molecule has 2 aromatic carbocycles. The first kappa shape index (κ1) is 13.8. The van der Waals surface area contributed by atoms with Crippen molar-refractivity contribution >= 4 is 23.6 Å². The minimum atomic E-state index is -0.359. The zero-order valence-corrected chi connectivity index (χ0v) is 11.7. The fourth-order valence-corrected chi connectivity index (χ4v) is 2.47. The molecule has 0 bridgehead atoms. The van der Waals surface area contributed by atoms with Gasteiger partial charge in [0.05, 0.1) is 22.5 Å². The lowest BCUT2D eigenvalue weighted by atomic mass is 9.99. The largest absolute Gasteiger partial charge is 0.398 e. The molecular weight excluding hydrogens is 276 g/mol. The predicted octanol–water partition coefficient (Wildman–Crippen LogP) is 2.10. The Kier molecular flexibility index (Phi) is 3.58. The van der Waals surface area contributed by atoms with Gasteiger partial charge in [0.15, 0.2) is 6.29 Å². The Morgan fingerprint density at radius 3 is 2.14 bits per heavy atom. The van der Waals surface area contributed by atoms with E-state index in [0.29, 0.717) is 23.2 Å². The first-order valence-corrected chi connectivity index (χ1v) is 6.84. The van der Waals surface area contributed by atoms with Crippen LogP contribution in [0.25, 0.3) is 11.4 Å². The van der Waals surface area contributed by atoms with Gasteiger partial charge in [0.25, 0.3) is 5.91 Å². The topological polar surface area (TPSA) is 72.2 Å². The van der Waals surface area contributed by atoms with E-state index in [-0.39, 0.29) is 17.1 Å². The number of benzene rings is 2. The van der Waals surface area contributed by atoms with Crippen molar-refractivity contribution < 1.29 is 9.59 Å². The number of rotatable bonds is 3. The van der Waals surface area contributed by atoms with Crippen molar-refractivity contribution in [3.63, 3.8) is 0 Å². The standard InChI is InChI=1S/C18H14N2O2/c19-16(12-7-3-1-4-8-12)15-14(11-21)17(20-18(15)22)13-9-5-2-6-10-13/h1-11H,19H2,(H,20,22)/b16-15+. The van der Waals surface area contributed by atoms with E-state index in [1.165, 1.54) is 0 Å². The van der Waals surface area contributed by atoms with Gasteiger partial charge in [-0.05, 0) is 11.1 Å². The molecule has 1 amide bonds. The summed E-state index contributed by atoms with van der Waals surface area (Å²) >= 11 is 0. The van der Waals surface area contributed by atoms with Crippen molar-refractivity contribution in [2.45, 2.75) is 0 Å². The maximum absolute atomic E-state index is 12.3. The monoisotopic (exact) mass is 290 g/mol. The Balaban J connectivity index is 2.18. The van der Waals surface area contributed by atoms with Crippen LogP contribution in [0, 0.1) is 0 Å². The van der Waals surface area contributed by atoms with Crippen LogP contribution >= 0.6 is 0 Å². The van der Waals surface area contributed by atoms with Gasteiger partial charge in [0.2, 0.25) is 0 Å². The average Bonchev–Trinajstić information content (AvgIpc) is 2.92. The van der Waals surface area contributed by atoms with Crippen LogP contribution in [0.1, 0.15) is 11.1 Å². The molecule has 0 atom stereocenters. The van der Waals surface area contributed by atoms with Gasteiger partial charge in [-0.15, -0.1) is 0 Å². The number of carbonyl (C=O) groups is 2. The molecule has 0 saturated carbocycles. The van der Waals surface area contributed by atoms with Crippen molar-refractivity contribution in [1.82, 2.24) is 5.32 Å². The Labute approximate surface area is 128 Å². The van der Waals surface area contributed by atoms with E-state index in [4.69, 9.17) is 5.73 Å². The molecule has 3 rings (SSSR count). The molecule has 108 valence electrons. The molecule has 0 fully saturated rings. The van der Waals surface area contributed by atoms with E-state index in [9.17, 15) is 9.59 Å². The molecule has 1 aliphatic heterocycles. The summed E-state index contributed by atoms with van der Waals surface area (Å²) in [4.78, 5) is 23.8. The number of aldehydes is 1. The predicted molar refractivity (Wildman–Crippen MR) is 85.1 cm³/mol. The fraction of sp³-hybridized carbons (Fsp3) is 0. The Bertz CT molecular complexity index is 790. The van der Waals surface area contributed by atoms with Gasteiger partial charge in [-0.1, -0.05) is 60.7 Å². The molecule has 0 spiro atoms. The summed E-state index contributed by atoms with van der Waals surface area (Å²) in [5.74, 6) is -0.359. The first-order chi connectivity index (χ1) is 10.7. The van der Waals surface area contributed by atoms with Crippen molar-refractivity contribution in [2.24, 2.45) is 5.73 Å². The van der Waals surface area contributed by atoms with Crippen molar-refractivity contribution in [2.75, 3.05) is 0 Å². The minimum absolute atomic E-state index is 0.222. The third-order valence-corrected chi connectivity index (χ3v) is 3.54. The van der Waals surface area contributed by atoms with Crippen LogP contribution < -0.4 is 11.1 Å². The van der Waals surface area contributed by atoms with Gasteiger partial charge in [-0.3, -0.25) is 9.59 Å². The third kappa shape index (κ3) is 2.31. The number of hydrogen-bond donors (Lipinski definition) is 2. The highest BCUT2D eigenvalue weighted by Crippen LogP contribution is 2.30. The van der Waals surface area contributed by atoms with Crippen molar-refractivity contribution in [3.8, 4) is 0 Å². The number of hydrogen-bond acceptors (Lipinski definition) is 3. The van der Waals surface area contributed by atoms with Crippen molar-refractivity contribution in [1.29, 1.82) is 0 Å². The van der Waals surface area contributed by atoms with E-state index < -0.39 is 0 Å². The van der Waals surface area contributed by atoms with Crippen LogP contribution in [0.15, 0.2) is 71.8 Å². The maximum Gasteiger partial charge on any atom is 0.258 e. The van der Waals surface area contributed by atoms with E-state index in [1.807, 2.05) is 48.5 Å². The molecule has 2 aromatic rings. The lowest BCUT2D eigenvalue weighted by Gasteiger charge is -2.05. The highest BCUT2D eigenvalue weighted by Gasteiger charge is 2.30. The molecule has 0 aliphatic carbocycles. The van der Waals surface area contributed by atoms with Crippen LogP contribution in [0.3, 0.4) is 0 Å². The van der Waals surface area contributed by atoms with Gasteiger partial charge in [-0.2, -0.15) is 0 Å². The number of nitrogens with two attached hydrogens (primary N) is 1. The number of carbonyl (C=O) groups excluding carboxylic acids is 2. The zero-order valence-electron chi connectivity index (χ0n) is 11.7. The lowest BCUT2D eigenvalue weighted by Crippen LogP contribution is -2.18. The Morgan fingerprint density at radius 2 is 1.55 bits per heavy atom. The van der Waals surface area contributed by atoms with E-state index >= 15 is 0 Å². The first-order valence-electron chi connectivity index (χ1n) is 6.84. The van der Waals surface area contributed by atoms with Crippen LogP contribution in [0.2, 0.25) is 0 Å². The third-order valence-electron chi connectivity index (χ3n) is 3.54. The summed E-state index contributed by atoms with van der Waals surface area (Å²) in [6.07, 6.45) is 0.672. The molecule has 0 radical (unpaired) electrons. The van der Waals surface area contributed by atoms with E-state index in [1.54, 1.807) is 12.1 Å².